The molecule has 0 radical (unpaired) electrons. The molecule has 160 valence electrons. The van der Waals surface area contributed by atoms with E-state index in [1.165, 1.54) is 29.0 Å². The van der Waals surface area contributed by atoms with Gasteiger partial charge in [-0.1, -0.05) is 54.7 Å². The minimum absolute atomic E-state index is 0.0587. The number of aliphatic imine (C=N–C) groups is 1. The molecule has 0 unspecified atom stereocenters. The van der Waals surface area contributed by atoms with Gasteiger partial charge in [-0.3, -0.25) is 10.1 Å². The Balaban J connectivity index is 1.75. The predicted molar refractivity (Wildman–Crippen MR) is 129 cm³/mol. The van der Waals surface area contributed by atoms with E-state index in [2.05, 4.69) is 36.2 Å². The first-order chi connectivity index (χ1) is 15.6. The number of benzene rings is 3. The van der Waals surface area contributed by atoms with E-state index in [1.807, 2.05) is 24.3 Å². The molecule has 4 rings (SSSR count). The van der Waals surface area contributed by atoms with Crippen molar-refractivity contribution in [1.29, 1.82) is 0 Å². The lowest BCUT2D eigenvalue weighted by atomic mass is 10.0. The highest BCUT2D eigenvalue weighted by atomic mass is 32.1. The molecule has 0 fully saturated rings. The first-order valence-corrected chi connectivity index (χ1v) is 10.9. The summed E-state index contributed by atoms with van der Waals surface area (Å²) in [4.78, 5) is 20.9. The first-order valence-electron chi connectivity index (χ1n) is 10.1. The molecule has 1 heterocycles. The van der Waals surface area contributed by atoms with Gasteiger partial charge in [-0.05, 0) is 47.4 Å². The summed E-state index contributed by atoms with van der Waals surface area (Å²) in [6.45, 7) is 2.12. The third-order valence-electron chi connectivity index (χ3n) is 5.01. The van der Waals surface area contributed by atoms with E-state index in [1.54, 1.807) is 25.5 Å². The van der Waals surface area contributed by atoms with Crippen LogP contribution in [0.1, 0.15) is 18.1 Å². The topological polar surface area (TPSA) is 77.6 Å². The molecule has 1 aromatic heterocycles. The lowest BCUT2D eigenvalue weighted by Crippen LogP contribution is -1.88. The maximum atomic E-state index is 11.0. The van der Waals surface area contributed by atoms with Crippen LogP contribution in [0.3, 0.4) is 0 Å². The van der Waals surface area contributed by atoms with Gasteiger partial charge in [0.1, 0.15) is 5.75 Å². The van der Waals surface area contributed by atoms with Gasteiger partial charge in [0.25, 0.3) is 5.69 Å². The highest BCUT2D eigenvalue weighted by molar-refractivity contribution is 7.19. The summed E-state index contributed by atoms with van der Waals surface area (Å²) in [5, 5.41) is 11.6. The number of aromatic nitrogens is 1. The van der Waals surface area contributed by atoms with Gasteiger partial charge < -0.3 is 4.74 Å². The Morgan fingerprint density at radius 2 is 1.78 bits per heavy atom. The fourth-order valence-electron chi connectivity index (χ4n) is 3.24. The van der Waals surface area contributed by atoms with Crippen LogP contribution in [0.2, 0.25) is 0 Å². The summed E-state index contributed by atoms with van der Waals surface area (Å²) in [5.41, 5.74) is 4.87. The van der Waals surface area contributed by atoms with Crippen molar-refractivity contribution in [1.82, 2.24) is 4.98 Å². The Kier molecular flexibility index (Phi) is 6.37. The van der Waals surface area contributed by atoms with E-state index >= 15 is 0 Å². The molecule has 0 aliphatic rings. The molecule has 0 bridgehead atoms. The summed E-state index contributed by atoms with van der Waals surface area (Å²) in [6.07, 6.45) is 2.72. The number of thiazole rings is 1. The van der Waals surface area contributed by atoms with Crippen LogP contribution in [0.5, 0.6) is 5.75 Å². The van der Waals surface area contributed by atoms with Crippen molar-refractivity contribution in [2.75, 3.05) is 7.11 Å². The zero-order valence-electron chi connectivity index (χ0n) is 17.7. The summed E-state index contributed by atoms with van der Waals surface area (Å²) in [7, 11) is 1.63. The second-order valence-electron chi connectivity index (χ2n) is 7.06. The molecule has 0 N–H and O–H groups in total. The Hall–Kier alpha value is -3.84. The lowest BCUT2D eigenvalue weighted by molar-refractivity contribution is -0.384. The number of hydrogen-bond donors (Lipinski definition) is 0. The van der Waals surface area contributed by atoms with E-state index in [-0.39, 0.29) is 5.69 Å². The van der Waals surface area contributed by atoms with Crippen molar-refractivity contribution in [3.63, 3.8) is 0 Å². The van der Waals surface area contributed by atoms with Crippen molar-refractivity contribution in [3.8, 4) is 27.4 Å². The van der Waals surface area contributed by atoms with Crippen molar-refractivity contribution >= 4 is 28.4 Å². The van der Waals surface area contributed by atoms with E-state index in [0.717, 1.165) is 39.4 Å². The predicted octanol–water partition coefficient (Wildman–Crippen LogP) is 6.71. The summed E-state index contributed by atoms with van der Waals surface area (Å²) in [5.74, 6) is 0.761. The molecule has 4 aromatic rings. The molecule has 7 heteroatoms. The largest absolute Gasteiger partial charge is 0.497 e. The van der Waals surface area contributed by atoms with Crippen LogP contribution < -0.4 is 4.74 Å². The minimum atomic E-state index is -0.398. The van der Waals surface area contributed by atoms with E-state index in [4.69, 9.17) is 9.72 Å². The van der Waals surface area contributed by atoms with Gasteiger partial charge >= 0.3 is 0 Å². The van der Waals surface area contributed by atoms with Crippen molar-refractivity contribution < 1.29 is 9.66 Å². The Morgan fingerprint density at radius 1 is 1.06 bits per heavy atom. The van der Waals surface area contributed by atoms with E-state index < -0.39 is 4.92 Å². The minimum Gasteiger partial charge on any atom is -0.497 e. The van der Waals surface area contributed by atoms with Crippen molar-refractivity contribution in [2.24, 2.45) is 4.99 Å². The van der Waals surface area contributed by atoms with Crippen molar-refractivity contribution in [2.45, 2.75) is 13.3 Å². The number of aryl methyl sites for hydroxylation is 1. The van der Waals surface area contributed by atoms with Crippen LogP contribution >= 0.6 is 11.3 Å². The van der Waals surface area contributed by atoms with Gasteiger partial charge in [0.05, 0.1) is 22.6 Å². The number of non-ortho nitro benzene ring substituents is 1. The second kappa shape index (κ2) is 9.53. The standard InChI is InChI=1S/C25H21N3O3S/c1-3-17-7-9-19(10-8-17)23-24(20-11-13-21(14-12-20)28(29)30)32-25(27-23)26-16-18-5-4-6-22(15-18)31-2/h4-16H,3H2,1-2H3. The van der Waals surface area contributed by atoms with Gasteiger partial charge in [-0.15, -0.1) is 0 Å². The molecular formula is C25H21N3O3S. The number of nitrogens with zero attached hydrogens (tertiary/aromatic N) is 3. The van der Waals surface area contributed by atoms with Crippen LogP contribution in [0.15, 0.2) is 77.8 Å². The molecular weight excluding hydrogens is 422 g/mol. The van der Waals surface area contributed by atoms with Gasteiger partial charge in [-0.2, -0.15) is 0 Å². The monoisotopic (exact) mass is 443 g/mol. The molecule has 0 saturated heterocycles. The summed E-state index contributed by atoms with van der Waals surface area (Å²) < 4.78 is 5.27. The zero-order chi connectivity index (χ0) is 22.5. The van der Waals surface area contributed by atoms with Gasteiger partial charge in [0, 0.05) is 23.9 Å². The molecule has 0 aliphatic carbocycles. The quantitative estimate of drug-likeness (QED) is 0.181. The number of nitro benzene ring substituents is 1. The molecule has 0 aliphatic heterocycles. The molecule has 0 atom stereocenters. The number of hydrogen-bond acceptors (Lipinski definition) is 6. The molecule has 32 heavy (non-hydrogen) atoms. The normalized spacial score (nSPS) is 11.1. The van der Waals surface area contributed by atoms with Crippen LogP contribution in [0, 0.1) is 10.1 Å². The Bertz CT molecular complexity index is 1260. The van der Waals surface area contributed by atoms with Crippen molar-refractivity contribution in [3.05, 3.63) is 94.0 Å². The van der Waals surface area contributed by atoms with Crippen LogP contribution in [0.25, 0.3) is 21.7 Å². The van der Waals surface area contributed by atoms with E-state index in [9.17, 15) is 10.1 Å². The number of ether oxygens (including phenoxy) is 1. The maximum Gasteiger partial charge on any atom is 0.269 e. The average molecular weight is 444 g/mol. The fourth-order valence-corrected chi connectivity index (χ4v) is 4.18. The van der Waals surface area contributed by atoms with Gasteiger partial charge in [0.15, 0.2) is 0 Å². The summed E-state index contributed by atoms with van der Waals surface area (Å²) >= 11 is 1.45. The average Bonchev–Trinajstić information content (AvgIpc) is 3.27. The van der Waals surface area contributed by atoms with Crippen LogP contribution in [-0.2, 0) is 6.42 Å². The Labute approximate surface area is 190 Å². The maximum absolute atomic E-state index is 11.0. The first kappa shape index (κ1) is 21.4. The van der Waals surface area contributed by atoms with Gasteiger partial charge in [0.2, 0.25) is 5.13 Å². The highest BCUT2D eigenvalue weighted by Crippen LogP contribution is 2.40. The molecule has 0 amide bonds. The smallest absolute Gasteiger partial charge is 0.269 e. The van der Waals surface area contributed by atoms with Crippen LogP contribution in [-0.4, -0.2) is 23.2 Å². The SMILES string of the molecule is CCc1ccc(-c2nc(N=Cc3cccc(OC)c3)sc2-c2ccc([N+](=O)[O-])cc2)cc1. The zero-order valence-corrected chi connectivity index (χ0v) is 18.5. The number of rotatable bonds is 7. The Morgan fingerprint density at radius 3 is 2.44 bits per heavy atom. The van der Waals surface area contributed by atoms with Gasteiger partial charge in [-0.25, -0.2) is 9.98 Å². The molecule has 0 saturated carbocycles. The summed E-state index contributed by atoms with van der Waals surface area (Å²) in [6, 6.07) is 22.5. The van der Waals surface area contributed by atoms with E-state index in [0.29, 0.717) is 5.13 Å². The number of nitro groups is 1. The molecule has 6 nitrogen and oxygen atoms in total. The molecule has 3 aromatic carbocycles. The third kappa shape index (κ3) is 4.73. The van der Waals surface area contributed by atoms with Crippen LogP contribution in [0.4, 0.5) is 10.8 Å². The highest BCUT2D eigenvalue weighted by Gasteiger charge is 2.16. The fraction of sp³-hybridized carbons (Fsp3) is 0.120. The second-order valence-corrected chi connectivity index (χ2v) is 8.04. The lowest BCUT2D eigenvalue weighted by Gasteiger charge is -2.04. The number of methoxy groups -OCH3 is 1. The third-order valence-corrected chi connectivity index (χ3v) is 6.02. The molecule has 0 spiro atoms.